The number of sulfone groups is 1. The average Bonchev–Trinajstić information content (AvgIpc) is 2.03. The van der Waals surface area contributed by atoms with Crippen molar-refractivity contribution in [2.45, 2.75) is 5.03 Å². The zero-order valence-electron chi connectivity index (χ0n) is 6.76. The first-order valence-corrected chi connectivity index (χ1v) is 5.20. The van der Waals surface area contributed by atoms with E-state index in [0.717, 1.165) is 18.5 Å². The lowest BCUT2D eigenvalue weighted by Crippen LogP contribution is -2.04. The standard InChI is InChI=1S/C7H7NO4S/c1-13(11,12)6-4-5(7(9)10)2-3-8-6/h2-4H,1H3,(H,9,10). The van der Waals surface area contributed by atoms with Crippen LogP contribution in [0.3, 0.4) is 0 Å². The normalized spacial score (nSPS) is 11.2. The molecule has 0 aliphatic heterocycles. The molecule has 0 fully saturated rings. The van der Waals surface area contributed by atoms with Gasteiger partial charge < -0.3 is 5.11 Å². The predicted octanol–water partition coefficient (Wildman–Crippen LogP) is 0.183. The van der Waals surface area contributed by atoms with Crippen molar-refractivity contribution in [1.29, 1.82) is 0 Å². The van der Waals surface area contributed by atoms with Crippen molar-refractivity contribution in [1.82, 2.24) is 4.98 Å². The van der Waals surface area contributed by atoms with Gasteiger partial charge in [0.05, 0.1) is 5.56 Å². The molecule has 0 unspecified atom stereocenters. The largest absolute Gasteiger partial charge is 0.478 e. The molecular formula is C7H7NO4S. The van der Waals surface area contributed by atoms with Gasteiger partial charge in [0.1, 0.15) is 0 Å². The van der Waals surface area contributed by atoms with E-state index < -0.39 is 15.8 Å². The van der Waals surface area contributed by atoms with Gasteiger partial charge in [0, 0.05) is 12.5 Å². The number of aromatic nitrogens is 1. The summed E-state index contributed by atoms with van der Waals surface area (Å²) >= 11 is 0. The maximum Gasteiger partial charge on any atom is 0.335 e. The summed E-state index contributed by atoms with van der Waals surface area (Å²) in [4.78, 5) is 14.0. The lowest BCUT2D eigenvalue weighted by Gasteiger charge is -1.97. The number of carboxylic acid groups (broad SMARTS) is 1. The molecule has 0 aliphatic carbocycles. The Bertz CT molecular complexity index is 438. The van der Waals surface area contributed by atoms with Crippen LogP contribution in [0.5, 0.6) is 0 Å². The summed E-state index contributed by atoms with van der Waals surface area (Å²) in [5.41, 5.74) is -0.0876. The van der Waals surface area contributed by atoms with Crippen molar-refractivity contribution in [3.05, 3.63) is 23.9 Å². The molecule has 5 nitrogen and oxygen atoms in total. The number of pyridine rings is 1. The molecule has 0 amide bonds. The molecule has 1 aromatic heterocycles. The van der Waals surface area contributed by atoms with Crippen LogP contribution in [0.1, 0.15) is 10.4 Å². The number of hydrogen-bond acceptors (Lipinski definition) is 4. The highest BCUT2D eigenvalue weighted by atomic mass is 32.2. The second kappa shape index (κ2) is 3.14. The number of hydrogen-bond donors (Lipinski definition) is 1. The molecule has 1 rings (SSSR count). The molecule has 0 aromatic carbocycles. The fourth-order valence-electron chi connectivity index (χ4n) is 0.745. The van der Waals surface area contributed by atoms with Crippen molar-refractivity contribution in [2.75, 3.05) is 6.26 Å². The molecule has 1 aromatic rings. The summed E-state index contributed by atoms with van der Waals surface area (Å²) in [6.45, 7) is 0. The summed E-state index contributed by atoms with van der Waals surface area (Å²) in [6.07, 6.45) is 2.13. The highest BCUT2D eigenvalue weighted by molar-refractivity contribution is 7.90. The number of carboxylic acids is 1. The molecule has 1 N–H and O–H groups in total. The average molecular weight is 201 g/mol. The van der Waals surface area contributed by atoms with Gasteiger partial charge in [0.15, 0.2) is 14.9 Å². The highest BCUT2D eigenvalue weighted by Crippen LogP contribution is 2.07. The molecule has 0 aliphatic rings. The molecule has 0 bridgehead atoms. The Labute approximate surface area is 75.0 Å². The third-order valence-electron chi connectivity index (χ3n) is 1.36. The van der Waals surface area contributed by atoms with Gasteiger partial charge in [-0.15, -0.1) is 0 Å². The molecule has 13 heavy (non-hydrogen) atoms. The van der Waals surface area contributed by atoms with Crippen LogP contribution in [0.2, 0.25) is 0 Å². The van der Waals surface area contributed by atoms with E-state index in [1.54, 1.807) is 0 Å². The molecule has 0 saturated heterocycles. The maximum atomic E-state index is 11.0. The summed E-state index contributed by atoms with van der Waals surface area (Å²) in [5, 5.41) is 8.32. The molecule has 0 atom stereocenters. The van der Waals surface area contributed by atoms with Crippen LogP contribution in [0, 0.1) is 0 Å². The van der Waals surface area contributed by atoms with Gasteiger partial charge in [-0.25, -0.2) is 18.2 Å². The zero-order valence-corrected chi connectivity index (χ0v) is 7.58. The number of nitrogens with zero attached hydrogens (tertiary/aromatic N) is 1. The first-order chi connectivity index (χ1) is 5.91. The highest BCUT2D eigenvalue weighted by Gasteiger charge is 2.11. The van der Waals surface area contributed by atoms with Gasteiger partial charge in [-0.2, -0.15) is 0 Å². The lowest BCUT2D eigenvalue weighted by atomic mass is 10.3. The van der Waals surface area contributed by atoms with Gasteiger partial charge in [-0.1, -0.05) is 0 Å². The molecule has 70 valence electrons. The lowest BCUT2D eigenvalue weighted by molar-refractivity contribution is 0.0696. The minimum atomic E-state index is -3.43. The fraction of sp³-hybridized carbons (Fsp3) is 0.143. The van der Waals surface area contributed by atoms with Gasteiger partial charge in [0.25, 0.3) is 0 Å². The summed E-state index contributed by atoms with van der Waals surface area (Å²) in [7, 11) is -3.43. The van der Waals surface area contributed by atoms with E-state index in [0.29, 0.717) is 0 Å². The number of aromatic carboxylic acids is 1. The minimum Gasteiger partial charge on any atom is -0.478 e. The molecule has 0 saturated carbocycles. The van der Waals surface area contributed by atoms with E-state index >= 15 is 0 Å². The monoisotopic (exact) mass is 201 g/mol. The molecule has 0 spiro atoms. The zero-order chi connectivity index (χ0) is 10.1. The summed E-state index contributed by atoms with van der Waals surface area (Å²) in [6, 6.07) is 2.26. The molecular weight excluding hydrogens is 194 g/mol. The Morgan fingerprint density at radius 1 is 1.54 bits per heavy atom. The van der Waals surface area contributed by atoms with Crippen molar-refractivity contribution in [3.63, 3.8) is 0 Å². The van der Waals surface area contributed by atoms with Gasteiger partial charge >= 0.3 is 5.97 Å². The van der Waals surface area contributed by atoms with Crippen LogP contribution in [-0.4, -0.2) is 30.7 Å². The summed E-state index contributed by atoms with van der Waals surface area (Å²) in [5.74, 6) is -1.17. The Morgan fingerprint density at radius 2 is 2.15 bits per heavy atom. The van der Waals surface area contributed by atoms with E-state index in [2.05, 4.69) is 4.98 Å². The van der Waals surface area contributed by atoms with Gasteiger partial charge in [-0.05, 0) is 12.1 Å². The SMILES string of the molecule is CS(=O)(=O)c1cc(C(=O)O)ccn1. The van der Waals surface area contributed by atoms with Crippen molar-refractivity contribution in [2.24, 2.45) is 0 Å². The van der Waals surface area contributed by atoms with Gasteiger partial charge in [-0.3, -0.25) is 0 Å². The van der Waals surface area contributed by atoms with E-state index in [9.17, 15) is 13.2 Å². The van der Waals surface area contributed by atoms with Crippen LogP contribution in [0.15, 0.2) is 23.4 Å². The first-order valence-electron chi connectivity index (χ1n) is 3.30. The summed E-state index contributed by atoms with van der Waals surface area (Å²) < 4.78 is 21.9. The Balaban J connectivity index is 3.29. The van der Waals surface area contributed by atoms with E-state index in [1.165, 1.54) is 6.07 Å². The first kappa shape index (κ1) is 9.66. The van der Waals surface area contributed by atoms with E-state index in [1.807, 2.05) is 0 Å². The molecule has 6 heteroatoms. The maximum absolute atomic E-state index is 11.0. The number of carbonyl (C=O) groups is 1. The molecule has 1 heterocycles. The van der Waals surface area contributed by atoms with E-state index in [-0.39, 0.29) is 10.6 Å². The number of rotatable bonds is 2. The van der Waals surface area contributed by atoms with Crippen LogP contribution in [-0.2, 0) is 9.84 Å². The second-order valence-corrected chi connectivity index (χ2v) is 4.42. The fourth-order valence-corrected chi connectivity index (χ4v) is 1.34. The molecule has 0 radical (unpaired) electrons. The van der Waals surface area contributed by atoms with Crippen LogP contribution < -0.4 is 0 Å². The second-order valence-electron chi connectivity index (χ2n) is 2.46. The van der Waals surface area contributed by atoms with Crippen LogP contribution in [0.25, 0.3) is 0 Å². The minimum absolute atomic E-state index is 0.0876. The predicted molar refractivity (Wildman–Crippen MR) is 44.3 cm³/mol. The Morgan fingerprint density at radius 3 is 2.62 bits per heavy atom. The topological polar surface area (TPSA) is 84.3 Å². The van der Waals surface area contributed by atoms with Crippen molar-refractivity contribution < 1.29 is 18.3 Å². The Hall–Kier alpha value is -1.43. The quantitative estimate of drug-likeness (QED) is 0.738. The van der Waals surface area contributed by atoms with Crippen LogP contribution >= 0.6 is 0 Å². The van der Waals surface area contributed by atoms with Crippen LogP contribution in [0.4, 0.5) is 0 Å². The third kappa shape index (κ3) is 2.25. The van der Waals surface area contributed by atoms with Gasteiger partial charge in [0.2, 0.25) is 0 Å². The van der Waals surface area contributed by atoms with E-state index in [4.69, 9.17) is 5.11 Å². The third-order valence-corrected chi connectivity index (χ3v) is 2.34. The van der Waals surface area contributed by atoms with Crippen molar-refractivity contribution >= 4 is 15.8 Å². The smallest absolute Gasteiger partial charge is 0.335 e. The van der Waals surface area contributed by atoms with Crippen molar-refractivity contribution in [3.8, 4) is 0 Å². The Kier molecular flexibility index (Phi) is 2.33.